The maximum Gasteiger partial charge on any atom is 0.329 e. The summed E-state index contributed by atoms with van der Waals surface area (Å²) in [6.45, 7) is 5.20. The lowest BCUT2D eigenvalue weighted by molar-refractivity contribution is 0.0604. The molecule has 8 aromatic carbocycles. The highest BCUT2D eigenvalue weighted by molar-refractivity contribution is 6.92. The molecule has 59 heavy (non-hydrogen) atoms. The van der Waals surface area contributed by atoms with Crippen molar-refractivity contribution in [2.24, 2.45) is 5.41 Å². The molecule has 1 saturated carbocycles. The lowest BCUT2D eigenvalue weighted by Crippen LogP contribution is -2.64. The van der Waals surface area contributed by atoms with Gasteiger partial charge in [-0.05, 0) is 121 Å². The Labute approximate surface area is 346 Å². The van der Waals surface area contributed by atoms with Crippen LogP contribution in [0.15, 0.2) is 168 Å². The quantitative estimate of drug-likeness (QED) is 0.167. The Morgan fingerprint density at radius 1 is 0.593 bits per heavy atom. The molecular formula is C56H44BNO. The minimum Gasteiger partial charge on any atom is -0.456 e. The second-order valence-corrected chi connectivity index (χ2v) is 18.3. The third-order valence-electron chi connectivity index (χ3n) is 15.5. The predicted octanol–water partition coefficient (Wildman–Crippen LogP) is 13.7. The lowest BCUT2D eigenvalue weighted by atomic mass is 9.36. The summed E-state index contributed by atoms with van der Waals surface area (Å²) in [6, 6.07) is 61.5. The summed E-state index contributed by atoms with van der Waals surface area (Å²) in [7, 11) is 0. The first kappa shape index (κ1) is 33.6. The summed E-state index contributed by atoms with van der Waals surface area (Å²) in [5.74, 6) is 0.217. The van der Waals surface area contributed by atoms with E-state index in [4.69, 9.17) is 4.42 Å². The van der Waals surface area contributed by atoms with Gasteiger partial charge >= 0.3 is 6.85 Å². The molecule has 0 bridgehead atoms. The lowest BCUT2D eigenvalue weighted by Gasteiger charge is -2.58. The number of benzene rings is 8. The topological polar surface area (TPSA) is 16.4 Å². The molecule has 9 aromatic rings. The van der Waals surface area contributed by atoms with Crippen molar-refractivity contribution < 1.29 is 4.42 Å². The Bertz CT molecular complexity index is 3180. The van der Waals surface area contributed by atoms with E-state index in [2.05, 4.69) is 182 Å². The van der Waals surface area contributed by atoms with Crippen LogP contribution in [0.4, 0.5) is 11.4 Å². The van der Waals surface area contributed by atoms with Crippen LogP contribution in [-0.2, 0) is 5.41 Å². The van der Waals surface area contributed by atoms with Gasteiger partial charge in [0.05, 0.1) is 0 Å². The maximum atomic E-state index is 7.18. The zero-order chi connectivity index (χ0) is 39.0. The summed E-state index contributed by atoms with van der Waals surface area (Å²) in [5.41, 5.74) is 19.9. The van der Waals surface area contributed by atoms with Gasteiger partial charge in [-0.15, -0.1) is 0 Å². The van der Waals surface area contributed by atoms with Gasteiger partial charge in [0.2, 0.25) is 0 Å². The number of fused-ring (bicyclic) bond motifs is 12. The molecule has 3 heterocycles. The zero-order valence-electron chi connectivity index (χ0n) is 33.6. The molecular weight excluding hydrogens is 713 g/mol. The minimum atomic E-state index is -0.0564. The van der Waals surface area contributed by atoms with Crippen LogP contribution in [0.5, 0.6) is 0 Å². The molecule has 3 unspecified atom stereocenters. The molecule has 13 rings (SSSR count). The number of rotatable bonds is 3. The first-order chi connectivity index (χ1) is 29.0. The molecule has 0 radical (unpaired) electrons. The Morgan fingerprint density at radius 3 is 2.07 bits per heavy atom. The SMILES string of the molecule is CC12CCCCC1(C)c1cc(-c3ccccc3)cc3c1C(C2)c1c2c(cc4c1oc1ccccc14)-c1c(ccc4ccccc14)N(c1ccc(-c4ccccc4)cc1)B32. The number of anilines is 2. The van der Waals surface area contributed by atoms with Crippen molar-refractivity contribution in [2.45, 2.75) is 57.3 Å². The van der Waals surface area contributed by atoms with E-state index in [1.807, 2.05) is 0 Å². The van der Waals surface area contributed by atoms with Crippen LogP contribution in [0.25, 0.3) is 66.1 Å². The summed E-state index contributed by atoms with van der Waals surface area (Å²) >= 11 is 0. The third kappa shape index (κ3) is 4.54. The molecule has 0 saturated heterocycles. The Morgan fingerprint density at radius 2 is 1.27 bits per heavy atom. The highest BCUT2D eigenvalue weighted by Crippen LogP contribution is 2.64. The first-order valence-corrected chi connectivity index (χ1v) is 21.7. The predicted molar refractivity (Wildman–Crippen MR) is 248 cm³/mol. The van der Waals surface area contributed by atoms with Gasteiger partial charge in [-0.2, -0.15) is 0 Å². The fraction of sp³-hybridized carbons (Fsp3) is 0.179. The standard InChI is InChI=1S/C56H44BNO/c1-55-29-13-14-30-56(55,2)46-31-39(36-17-7-4-8-18-36)32-47-51(46)45(34-55)52-53-44(33-43-42-21-11-12-22-49(42)59-54(43)52)50-41-20-10-9-19-38(41)25-28-48(50)58(57(47)53)40-26-23-37(24-27-40)35-15-5-3-6-16-35/h3-12,15-28,31-33,45H,13-14,29-30,34H2,1-2H3. The van der Waals surface area contributed by atoms with Gasteiger partial charge in [0.1, 0.15) is 11.2 Å². The fourth-order valence-electron chi connectivity index (χ4n) is 12.5. The van der Waals surface area contributed by atoms with E-state index in [9.17, 15) is 0 Å². The van der Waals surface area contributed by atoms with Gasteiger partial charge in [0, 0.05) is 39.2 Å². The maximum absolute atomic E-state index is 7.18. The van der Waals surface area contributed by atoms with Crippen LogP contribution in [0.1, 0.15) is 68.6 Å². The molecule has 2 nitrogen and oxygen atoms in total. The highest BCUT2D eigenvalue weighted by atomic mass is 16.3. The van der Waals surface area contributed by atoms with Crippen LogP contribution < -0.4 is 15.7 Å². The van der Waals surface area contributed by atoms with E-state index in [-0.39, 0.29) is 23.6 Å². The fourth-order valence-corrected chi connectivity index (χ4v) is 12.5. The van der Waals surface area contributed by atoms with Gasteiger partial charge in [0.25, 0.3) is 0 Å². The highest BCUT2D eigenvalue weighted by Gasteiger charge is 2.57. The molecule has 2 aliphatic heterocycles. The molecule has 2 aliphatic carbocycles. The summed E-state index contributed by atoms with van der Waals surface area (Å²) in [4.78, 5) is 2.70. The zero-order valence-corrected chi connectivity index (χ0v) is 33.6. The minimum absolute atomic E-state index is 0.0564. The molecule has 1 aromatic heterocycles. The molecule has 1 fully saturated rings. The van der Waals surface area contributed by atoms with Crippen molar-refractivity contribution in [3.8, 4) is 33.4 Å². The molecule has 0 amide bonds. The van der Waals surface area contributed by atoms with Crippen LogP contribution in [0.2, 0.25) is 0 Å². The van der Waals surface area contributed by atoms with Crippen LogP contribution in [-0.4, -0.2) is 6.85 Å². The van der Waals surface area contributed by atoms with Gasteiger partial charge < -0.3 is 9.23 Å². The number of nitrogens with zero attached hydrogens (tertiary/aromatic N) is 1. The largest absolute Gasteiger partial charge is 0.456 e. The average molecular weight is 758 g/mol. The van der Waals surface area contributed by atoms with E-state index in [1.54, 1.807) is 11.1 Å². The Hall–Kier alpha value is -6.32. The van der Waals surface area contributed by atoms with Crippen molar-refractivity contribution in [1.82, 2.24) is 0 Å². The van der Waals surface area contributed by atoms with E-state index < -0.39 is 0 Å². The molecule has 3 atom stereocenters. The number of furan rings is 1. The van der Waals surface area contributed by atoms with Gasteiger partial charge in [0.15, 0.2) is 0 Å². The van der Waals surface area contributed by atoms with E-state index >= 15 is 0 Å². The van der Waals surface area contributed by atoms with Crippen molar-refractivity contribution in [2.75, 3.05) is 4.81 Å². The van der Waals surface area contributed by atoms with Crippen molar-refractivity contribution >= 4 is 61.9 Å². The van der Waals surface area contributed by atoms with Crippen LogP contribution >= 0.6 is 0 Å². The molecule has 282 valence electrons. The van der Waals surface area contributed by atoms with Crippen LogP contribution in [0, 0.1) is 5.41 Å². The Balaban J connectivity index is 1.20. The van der Waals surface area contributed by atoms with Gasteiger partial charge in [-0.25, -0.2) is 0 Å². The molecule has 4 aliphatic rings. The smallest absolute Gasteiger partial charge is 0.329 e. The number of para-hydroxylation sites is 1. The summed E-state index contributed by atoms with van der Waals surface area (Å²) in [5, 5.41) is 5.00. The normalized spacial score (nSPS) is 21.3. The van der Waals surface area contributed by atoms with Crippen molar-refractivity contribution in [1.29, 1.82) is 0 Å². The molecule has 0 N–H and O–H groups in total. The first-order valence-electron chi connectivity index (χ1n) is 21.7. The Kier molecular flexibility index (Phi) is 6.91. The average Bonchev–Trinajstić information content (AvgIpc) is 3.66. The van der Waals surface area contributed by atoms with Crippen LogP contribution in [0.3, 0.4) is 0 Å². The molecule has 3 heteroatoms. The summed E-state index contributed by atoms with van der Waals surface area (Å²) < 4.78 is 7.18. The number of hydrogen-bond donors (Lipinski definition) is 0. The van der Waals surface area contributed by atoms with E-state index in [0.717, 1.165) is 17.6 Å². The van der Waals surface area contributed by atoms with E-state index in [1.165, 1.54) is 108 Å². The summed E-state index contributed by atoms with van der Waals surface area (Å²) in [6.07, 6.45) is 6.16. The number of hydrogen-bond acceptors (Lipinski definition) is 2. The van der Waals surface area contributed by atoms with Gasteiger partial charge in [-0.1, -0.05) is 160 Å². The van der Waals surface area contributed by atoms with Gasteiger partial charge in [-0.3, -0.25) is 0 Å². The second kappa shape index (κ2) is 12.1. The van der Waals surface area contributed by atoms with E-state index in [0.29, 0.717) is 0 Å². The monoisotopic (exact) mass is 757 g/mol. The second-order valence-electron chi connectivity index (χ2n) is 18.3. The third-order valence-corrected chi connectivity index (χ3v) is 15.5. The van der Waals surface area contributed by atoms with Crippen molar-refractivity contribution in [3.05, 3.63) is 180 Å². The van der Waals surface area contributed by atoms with Crippen molar-refractivity contribution in [3.63, 3.8) is 0 Å². The molecule has 0 spiro atoms.